The van der Waals surface area contributed by atoms with E-state index in [0.717, 1.165) is 18.5 Å². The second-order valence-corrected chi connectivity index (χ2v) is 5.19. The molecule has 1 N–H and O–H groups in total. The molecule has 0 unspecified atom stereocenters. The Balaban J connectivity index is 1.72. The minimum absolute atomic E-state index is 0.167. The lowest BCUT2D eigenvalue weighted by Crippen LogP contribution is -1.96. The maximum atomic E-state index is 10.1. The van der Waals surface area contributed by atoms with Crippen molar-refractivity contribution in [3.05, 3.63) is 89.8 Å². The molecule has 0 amide bonds. The van der Waals surface area contributed by atoms with Crippen molar-refractivity contribution in [2.75, 3.05) is 0 Å². The average Bonchev–Trinajstić information content (AvgIpc) is 2.62. The van der Waals surface area contributed by atoms with Crippen LogP contribution >= 0.6 is 0 Å². The van der Waals surface area contributed by atoms with E-state index in [-0.39, 0.29) is 5.76 Å². The van der Waals surface area contributed by atoms with Crippen LogP contribution in [0.2, 0.25) is 0 Å². The summed E-state index contributed by atoms with van der Waals surface area (Å²) in [4.78, 5) is 12.4. The number of pyridine rings is 1. The van der Waals surface area contributed by atoms with Crippen LogP contribution in [0.15, 0.2) is 67.3 Å². The van der Waals surface area contributed by atoms with Crippen LogP contribution < -0.4 is 0 Å². The highest BCUT2D eigenvalue weighted by Crippen LogP contribution is 2.14. The van der Waals surface area contributed by atoms with Gasteiger partial charge in [0.2, 0.25) is 0 Å². The predicted molar refractivity (Wildman–Crippen MR) is 90.6 cm³/mol. The predicted octanol–water partition coefficient (Wildman–Crippen LogP) is 3.71. The first-order chi connectivity index (χ1) is 11.3. The number of nitrogens with zero attached hydrogens (tertiary/aromatic N) is 3. The quantitative estimate of drug-likeness (QED) is 0.730. The normalized spacial score (nSPS) is 11.4. The first kappa shape index (κ1) is 14.9. The number of aryl methyl sites for hydroxylation is 2. The zero-order valence-corrected chi connectivity index (χ0v) is 12.6. The van der Waals surface area contributed by atoms with Crippen molar-refractivity contribution in [1.29, 1.82) is 0 Å². The monoisotopic (exact) mass is 303 g/mol. The average molecular weight is 303 g/mol. The van der Waals surface area contributed by atoms with Gasteiger partial charge in [0.05, 0.1) is 5.69 Å². The molecule has 1 aromatic carbocycles. The van der Waals surface area contributed by atoms with Crippen molar-refractivity contribution in [2.45, 2.75) is 12.8 Å². The van der Waals surface area contributed by atoms with Gasteiger partial charge in [0.25, 0.3) is 0 Å². The van der Waals surface area contributed by atoms with Gasteiger partial charge in [0.1, 0.15) is 12.1 Å². The summed E-state index contributed by atoms with van der Waals surface area (Å²) in [5, 5.41) is 10.1. The minimum Gasteiger partial charge on any atom is -0.507 e. The smallest absolute Gasteiger partial charge is 0.125 e. The second kappa shape index (κ2) is 7.31. The molecular weight excluding hydrogens is 286 g/mol. The lowest BCUT2D eigenvalue weighted by molar-refractivity contribution is 0.515. The molecule has 0 radical (unpaired) electrons. The van der Waals surface area contributed by atoms with Gasteiger partial charge < -0.3 is 5.11 Å². The topological polar surface area (TPSA) is 58.9 Å². The van der Waals surface area contributed by atoms with Crippen LogP contribution in [0.25, 0.3) is 11.8 Å². The Morgan fingerprint density at radius 3 is 2.52 bits per heavy atom. The number of aliphatic hydroxyl groups is 1. The highest BCUT2D eigenvalue weighted by molar-refractivity contribution is 5.74. The van der Waals surface area contributed by atoms with E-state index >= 15 is 0 Å². The fourth-order valence-electron chi connectivity index (χ4n) is 2.29. The first-order valence-corrected chi connectivity index (χ1v) is 7.47. The Hall–Kier alpha value is -3.01. The molecule has 0 fully saturated rings. The fourth-order valence-corrected chi connectivity index (χ4v) is 2.29. The van der Waals surface area contributed by atoms with E-state index in [2.05, 4.69) is 27.1 Å². The van der Waals surface area contributed by atoms with E-state index in [4.69, 9.17) is 0 Å². The summed E-state index contributed by atoms with van der Waals surface area (Å²) >= 11 is 0. The summed E-state index contributed by atoms with van der Waals surface area (Å²) in [6.45, 7) is 0. The van der Waals surface area contributed by atoms with Crippen LogP contribution in [0.4, 0.5) is 0 Å². The van der Waals surface area contributed by atoms with Crippen LogP contribution in [0.3, 0.4) is 0 Å². The summed E-state index contributed by atoms with van der Waals surface area (Å²) in [6.07, 6.45) is 8.23. The third kappa shape index (κ3) is 4.23. The number of aromatic nitrogens is 3. The Labute approximate surface area is 135 Å². The minimum atomic E-state index is 0.167. The second-order valence-electron chi connectivity index (χ2n) is 5.19. The highest BCUT2D eigenvalue weighted by atomic mass is 16.3. The molecule has 0 aliphatic carbocycles. The van der Waals surface area contributed by atoms with E-state index in [1.807, 2.05) is 24.3 Å². The van der Waals surface area contributed by atoms with Crippen molar-refractivity contribution in [3.63, 3.8) is 0 Å². The molecule has 4 nitrogen and oxygen atoms in total. The number of hydrogen-bond donors (Lipinski definition) is 1. The molecule has 23 heavy (non-hydrogen) atoms. The zero-order chi connectivity index (χ0) is 15.9. The van der Waals surface area contributed by atoms with Gasteiger partial charge in [0, 0.05) is 29.7 Å². The van der Waals surface area contributed by atoms with Crippen LogP contribution in [0.1, 0.15) is 22.5 Å². The molecule has 114 valence electrons. The summed E-state index contributed by atoms with van der Waals surface area (Å²) in [7, 11) is 0. The molecule has 2 aromatic heterocycles. The third-order valence-electron chi connectivity index (χ3n) is 3.52. The number of hydrogen-bond acceptors (Lipinski definition) is 4. The number of benzene rings is 1. The van der Waals surface area contributed by atoms with Crippen LogP contribution in [0.5, 0.6) is 0 Å². The largest absolute Gasteiger partial charge is 0.507 e. The van der Waals surface area contributed by atoms with Crippen LogP contribution in [-0.4, -0.2) is 20.1 Å². The molecule has 0 aliphatic rings. The van der Waals surface area contributed by atoms with Crippen LogP contribution in [-0.2, 0) is 12.8 Å². The highest BCUT2D eigenvalue weighted by Gasteiger charge is 2.02. The van der Waals surface area contributed by atoms with Gasteiger partial charge in [-0.2, -0.15) is 0 Å². The summed E-state index contributed by atoms with van der Waals surface area (Å²) < 4.78 is 0. The Morgan fingerprint density at radius 1 is 0.957 bits per heavy atom. The molecule has 0 saturated heterocycles. The van der Waals surface area contributed by atoms with Gasteiger partial charge in [-0.15, -0.1) is 0 Å². The fraction of sp³-hybridized carbons (Fsp3) is 0.105. The van der Waals surface area contributed by atoms with Gasteiger partial charge in [-0.1, -0.05) is 30.3 Å². The molecular formula is C19H17N3O. The molecule has 0 bridgehead atoms. The van der Waals surface area contributed by atoms with Gasteiger partial charge in [0.15, 0.2) is 0 Å². The summed E-state index contributed by atoms with van der Waals surface area (Å²) in [6, 6.07) is 15.7. The van der Waals surface area contributed by atoms with Crippen LogP contribution in [0, 0.1) is 0 Å². The van der Waals surface area contributed by atoms with Crippen molar-refractivity contribution in [1.82, 2.24) is 15.0 Å². The number of aliphatic hydroxyl groups excluding tert-OH is 1. The molecule has 4 heteroatoms. The molecule has 0 spiro atoms. The Morgan fingerprint density at radius 2 is 1.74 bits per heavy atom. The maximum Gasteiger partial charge on any atom is 0.125 e. The maximum absolute atomic E-state index is 10.1. The Kier molecular flexibility index (Phi) is 4.74. The molecule has 0 saturated carbocycles. The van der Waals surface area contributed by atoms with E-state index in [0.29, 0.717) is 11.3 Å². The summed E-state index contributed by atoms with van der Waals surface area (Å²) in [5.74, 6) is 0.167. The SMILES string of the molecule is O/C(=C\c1cc(CCc2ccccc2)ncn1)c1ccncc1. The van der Waals surface area contributed by atoms with E-state index in [1.54, 1.807) is 30.6 Å². The Bertz CT molecular complexity index is 786. The summed E-state index contributed by atoms with van der Waals surface area (Å²) in [5.41, 5.74) is 3.64. The lowest BCUT2D eigenvalue weighted by Gasteiger charge is -2.03. The molecule has 3 aromatic rings. The van der Waals surface area contributed by atoms with E-state index in [1.165, 1.54) is 11.9 Å². The zero-order valence-electron chi connectivity index (χ0n) is 12.6. The third-order valence-corrected chi connectivity index (χ3v) is 3.52. The lowest BCUT2D eigenvalue weighted by atomic mass is 10.1. The molecule has 3 rings (SSSR count). The van der Waals surface area contributed by atoms with E-state index in [9.17, 15) is 5.11 Å². The van der Waals surface area contributed by atoms with Gasteiger partial charge in [-0.05, 0) is 36.6 Å². The van der Waals surface area contributed by atoms with Gasteiger partial charge >= 0.3 is 0 Å². The van der Waals surface area contributed by atoms with Crippen molar-refractivity contribution in [3.8, 4) is 0 Å². The number of rotatable bonds is 5. The standard InChI is InChI=1S/C19H17N3O/c23-19(16-8-10-20-11-9-16)13-18-12-17(21-14-22-18)7-6-15-4-2-1-3-5-15/h1-5,8-14,23H,6-7H2/b19-13-. The first-order valence-electron chi connectivity index (χ1n) is 7.47. The van der Waals surface area contributed by atoms with Crippen molar-refractivity contribution in [2.24, 2.45) is 0 Å². The van der Waals surface area contributed by atoms with Gasteiger partial charge in [-0.25, -0.2) is 9.97 Å². The molecule has 0 aliphatic heterocycles. The van der Waals surface area contributed by atoms with E-state index < -0.39 is 0 Å². The molecule has 0 atom stereocenters. The van der Waals surface area contributed by atoms with Crippen molar-refractivity contribution < 1.29 is 5.11 Å². The van der Waals surface area contributed by atoms with Crippen molar-refractivity contribution >= 4 is 11.8 Å². The molecule has 2 heterocycles. The van der Waals surface area contributed by atoms with Gasteiger partial charge in [-0.3, -0.25) is 4.98 Å².